The van der Waals surface area contributed by atoms with E-state index in [-0.39, 0.29) is 23.5 Å². The Morgan fingerprint density at radius 2 is 2.27 bits per heavy atom. The van der Waals surface area contributed by atoms with E-state index in [1.807, 2.05) is 13.0 Å². The molecule has 3 nitrogen and oxygen atoms in total. The lowest BCUT2D eigenvalue weighted by Gasteiger charge is -1.88. The molecule has 0 aliphatic carbocycles. The van der Waals surface area contributed by atoms with E-state index < -0.39 is 5.97 Å². The number of nitrogens with zero attached hydrogens (tertiary/aromatic N) is 1. The van der Waals surface area contributed by atoms with Crippen molar-refractivity contribution in [3.63, 3.8) is 0 Å². The summed E-state index contributed by atoms with van der Waals surface area (Å²) in [7, 11) is 0. The molecule has 82 valence electrons. The molecule has 0 aliphatic rings. The number of hydrogen-bond acceptors (Lipinski definition) is 3. The molecule has 2 rings (SSSR count). The second-order valence-corrected chi connectivity index (χ2v) is 5.72. The summed E-state index contributed by atoms with van der Waals surface area (Å²) < 4.78 is 3.53. The van der Waals surface area contributed by atoms with Crippen molar-refractivity contribution in [2.75, 3.05) is 0 Å². The first-order valence-corrected chi connectivity index (χ1v) is 5.89. The predicted molar refractivity (Wildman–Crippen MR) is 57.3 cm³/mol. The Hall–Kier alpha value is -0.170. The Morgan fingerprint density at radius 3 is 2.87 bits per heavy atom. The molecule has 0 bridgehead atoms. The average Bonchev–Trinajstić information content (AvgIpc) is 2.51. The van der Waals surface area contributed by atoms with Crippen LogP contribution in [-0.2, 0) is 11.3 Å². The van der Waals surface area contributed by atoms with Crippen molar-refractivity contribution in [1.29, 1.82) is 0 Å². The molecule has 2 aromatic rings. The van der Waals surface area contributed by atoms with Gasteiger partial charge in [-0.2, -0.15) is 4.57 Å². The molecular formula is C8H7BrClNO2S2. The highest BCUT2D eigenvalue weighted by Crippen LogP contribution is 2.31. The third-order valence-corrected chi connectivity index (χ3v) is 4.29. The highest BCUT2D eigenvalue weighted by molar-refractivity contribution is 7.28. The SMILES string of the molecule is Cc1sc2cc(Cl)sc2[n+]1CC(=O)O.[Br-]. The van der Waals surface area contributed by atoms with E-state index >= 15 is 0 Å². The van der Waals surface area contributed by atoms with Gasteiger partial charge in [0.05, 0.1) is 0 Å². The van der Waals surface area contributed by atoms with Crippen LogP contribution in [0.2, 0.25) is 4.34 Å². The molecule has 0 aliphatic heterocycles. The van der Waals surface area contributed by atoms with Crippen LogP contribution in [0.3, 0.4) is 0 Å². The van der Waals surface area contributed by atoms with Crippen LogP contribution in [0.25, 0.3) is 9.53 Å². The van der Waals surface area contributed by atoms with Crippen molar-refractivity contribution in [3.05, 3.63) is 15.4 Å². The van der Waals surface area contributed by atoms with Crippen molar-refractivity contribution < 1.29 is 31.4 Å². The fraction of sp³-hybridized carbons (Fsp3) is 0.250. The van der Waals surface area contributed by atoms with Gasteiger partial charge in [-0.05, 0) is 6.07 Å². The Labute approximate surface area is 110 Å². The van der Waals surface area contributed by atoms with Crippen LogP contribution in [0.15, 0.2) is 6.07 Å². The molecule has 0 fully saturated rings. The van der Waals surface area contributed by atoms with Gasteiger partial charge in [0.2, 0.25) is 11.6 Å². The number of aryl methyl sites for hydroxylation is 1. The van der Waals surface area contributed by atoms with Crippen LogP contribution in [0.5, 0.6) is 0 Å². The standard InChI is InChI=1S/C8H6ClNO2S2.BrH/c1-4-10(3-7(11)12)8-5(13-4)2-6(9)14-8;/h2H,3H2,1H3;1H. The van der Waals surface area contributed by atoms with Crippen molar-refractivity contribution in [3.8, 4) is 0 Å². The van der Waals surface area contributed by atoms with Gasteiger partial charge in [-0.1, -0.05) is 34.3 Å². The summed E-state index contributed by atoms with van der Waals surface area (Å²) in [6.07, 6.45) is 0. The van der Waals surface area contributed by atoms with E-state index in [2.05, 4.69) is 0 Å². The maximum Gasteiger partial charge on any atom is 0.370 e. The summed E-state index contributed by atoms with van der Waals surface area (Å²) in [6, 6.07) is 1.87. The molecule has 0 unspecified atom stereocenters. The number of aliphatic carboxylic acids is 1. The summed E-state index contributed by atoms with van der Waals surface area (Å²) in [5.41, 5.74) is 0. The molecule has 0 aromatic carbocycles. The number of aromatic nitrogens is 1. The van der Waals surface area contributed by atoms with Gasteiger partial charge >= 0.3 is 5.97 Å². The van der Waals surface area contributed by atoms with Crippen LogP contribution in [0, 0.1) is 6.92 Å². The number of thiophene rings is 1. The summed E-state index contributed by atoms with van der Waals surface area (Å²) in [5.74, 6) is -0.831. The van der Waals surface area contributed by atoms with Gasteiger partial charge in [0.15, 0.2) is 0 Å². The minimum Gasteiger partial charge on any atom is -1.00 e. The number of carbonyl (C=O) groups is 1. The second-order valence-electron chi connectivity index (χ2n) is 2.82. The zero-order valence-corrected chi connectivity index (χ0v) is 11.6. The number of halogens is 2. The molecule has 0 saturated carbocycles. The number of rotatable bonds is 2. The van der Waals surface area contributed by atoms with Crippen molar-refractivity contribution >= 4 is 49.8 Å². The van der Waals surface area contributed by atoms with Gasteiger partial charge in [-0.25, -0.2) is 4.79 Å². The second kappa shape index (κ2) is 4.78. The highest BCUT2D eigenvalue weighted by atomic mass is 79.9. The third kappa shape index (κ3) is 2.50. The lowest BCUT2D eigenvalue weighted by atomic mass is 10.5. The van der Waals surface area contributed by atoms with Crippen molar-refractivity contribution in [1.82, 2.24) is 0 Å². The predicted octanol–water partition coefficient (Wildman–Crippen LogP) is -0.699. The Kier molecular flexibility index (Phi) is 4.11. The van der Waals surface area contributed by atoms with E-state index in [9.17, 15) is 4.79 Å². The lowest BCUT2D eigenvalue weighted by Crippen LogP contribution is -3.00. The number of hydrogen-bond donors (Lipinski definition) is 1. The van der Waals surface area contributed by atoms with Crippen molar-refractivity contribution in [2.24, 2.45) is 0 Å². The Bertz CT molecular complexity index is 508. The van der Waals surface area contributed by atoms with Crippen LogP contribution in [-0.4, -0.2) is 11.1 Å². The van der Waals surface area contributed by atoms with Crippen LogP contribution in [0.4, 0.5) is 0 Å². The topological polar surface area (TPSA) is 41.2 Å². The fourth-order valence-corrected chi connectivity index (χ4v) is 3.84. The quantitative estimate of drug-likeness (QED) is 0.741. The molecular weight excluding hydrogens is 322 g/mol. The number of thiazole rings is 1. The molecule has 2 heterocycles. The molecule has 2 aromatic heterocycles. The summed E-state index contributed by atoms with van der Waals surface area (Å²) in [6.45, 7) is 1.91. The maximum atomic E-state index is 10.6. The molecule has 15 heavy (non-hydrogen) atoms. The fourth-order valence-electron chi connectivity index (χ4n) is 1.27. The van der Waals surface area contributed by atoms with Gasteiger partial charge in [0.25, 0.3) is 4.83 Å². The smallest absolute Gasteiger partial charge is 0.370 e. The first-order valence-electron chi connectivity index (χ1n) is 3.88. The molecule has 0 amide bonds. The summed E-state index contributed by atoms with van der Waals surface area (Å²) >= 11 is 8.83. The maximum absolute atomic E-state index is 10.6. The van der Waals surface area contributed by atoms with E-state index in [0.29, 0.717) is 4.34 Å². The van der Waals surface area contributed by atoms with Crippen molar-refractivity contribution in [2.45, 2.75) is 13.5 Å². The first-order chi connectivity index (χ1) is 6.58. The molecule has 1 N–H and O–H groups in total. The monoisotopic (exact) mass is 327 g/mol. The Balaban J connectivity index is 0.00000112. The molecule has 7 heteroatoms. The van der Waals surface area contributed by atoms with Crippen LogP contribution in [0.1, 0.15) is 5.01 Å². The van der Waals surface area contributed by atoms with Gasteiger partial charge in [-0.3, -0.25) is 0 Å². The zero-order valence-electron chi connectivity index (χ0n) is 7.66. The minimum absolute atomic E-state index is 0. The molecule has 0 atom stereocenters. The molecule has 0 saturated heterocycles. The van der Waals surface area contributed by atoms with Crippen LogP contribution < -0.4 is 21.5 Å². The van der Waals surface area contributed by atoms with E-state index in [1.165, 1.54) is 11.3 Å². The molecule has 0 spiro atoms. The number of carboxylic acids is 1. The van der Waals surface area contributed by atoms with Gasteiger partial charge in [0.1, 0.15) is 9.04 Å². The summed E-state index contributed by atoms with van der Waals surface area (Å²) in [4.78, 5) is 11.6. The van der Waals surface area contributed by atoms with Gasteiger partial charge in [-0.15, -0.1) is 0 Å². The third-order valence-electron chi connectivity index (χ3n) is 1.83. The highest BCUT2D eigenvalue weighted by Gasteiger charge is 2.22. The van der Waals surface area contributed by atoms with E-state index in [0.717, 1.165) is 14.5 Å². The Morgan fingerprint density at radius 1 is 1.60 bits per heavy atom. The summed E-state index contributed by atoms with van der Waals surface area (Å²) in [5, 5.41) is 9.72. The first kappa shape index (κ1) is 12.9. The van der Waals surface area contributed by atoms with Gasteiger partial charge in [0, 0.05) is 6.92 Å². The largest absolute Gasteiger partial charge is 1.00 e. The van der Waals surface area contributed by atoms with E-state index in [1.54, 1.807) is 15.9 Å². The lowest BCUT2D eigenvalue weighted by molar-refractivity contribution is -0.659. The normalized spacial score (nSPS) is 10.3. The van der Waals surface area contributed by atoms with Crippen LogP contribution >= 0.6 is 34.3 Å². The number of carboxylic acid groups (broad SMARTS) is 1. The van der Waals surface area contributed by atoms with E-state index in [4.69, 9.17) is 16.7 Å². The minimum atomic E-state index is -0.831. The zero-order chi connectivity index (χ0) is 10.3. The molecule has 0 radical (unpaired) electrons. The average molecular weight is 329 g/mol. The number of fused-ring (bicyclic) bond motifs is 1. The van der Waals surface area contributed by atoms with Gasteiger partial charge < -0.3 is 22.1 Å².